The number of benzene rings is 1. The summed E-state index contributed by atoms with van der Waals surface area (Å²) in [7, 11) is 0. The number of para-hydroxylation sites is 1. The standard InChI is InChI=1S/C33H47N3O4S/c1-7-18-34(19-8-2)29(38)25-26-30(39)36(21-11-10-12-22-37)28(33(26)17-16-32(25,6)41-33)31(40)35(20-9-3)27-23(4)14-13-15-24(27)5/h7,9,13-15,25-26,28,37H,1,3,8,10-12,16-22H2,2,4-6H3/t25-,26+,28?,32+,33?/m1/s1. The van der Waals surface area contributed by atoms with Gasteiger partial charge in [-0.15, -0.1) is 24.9 Å². The van der Waals surface area contributed by atoms with E-state index in [1.54, 1.807) is 33.7 Å². The number of aryl methyl sites for hydroxylation is 2. The summed E-state index contributed by atoms with van der Waals surface area (Å²) in [5, 5.41) is 9.34. The van der Waals surface area contributed by atoms with Crippen LogP contribution in [0.15, 0.2) is 43.5 Å². The monoisotopic (exact) mass is 581 g/mol. The molecule has 1 N–H and O–H groups in total. The zero-order valence-corrected chi connectivity index (χ0v) is 26.0. The summed E-state index contributed by atoms with van der Waals surface area (Å²) in [4.78, 5) is 49.0. The number of anilines is 1. The van der Waals surface area contributed by atoms with Crippen LogP contribution in [0.4, 0.5) is 5.69 Å². The summed E-state index contributed by atoms with van der Waals surface area (Å²) in [5.74, 6) is -1.18. The van der Waals surface area contributed by atoms with E-state index in [1.807, 2.05) is 43.9 Å². The topological polar surface area (TPSA) is 81.2 Å². The molecule has 3 amide bonds. The van der Waals surface area contributed by atoms with Gasteiger partial charge in [0.1, 0.15) is 6.04 Å². The van der Waals surface area contributed by atoms with Crippen molar-refractivity contribution in [1.29, 1.82) is 0 Å². The molecule has 1 aromatic rings. The largest absolute Gasteiger partial charge is 0.396 e. The lowest BCUT2D eigenvalue weighted by Gasteiger charge is -2.38. The number of aliphatic hydroxyl groups is 1. The van der Waals surface area contributed by atoms with E-state index in [0.717, 1.165) is 42.5 Å². The van der Waals surface area contributed by atoms with Crippen molar-refractivity contribution in [3.8, 4) is 0 Å². The molecule has 224 valence electrons. The van der Waals surface area contributed by atoms with Crippen molar-refractivity contribution in [3.63, 3.8) is 0 Å². The van der Waals surface area contributed by atoms with Gasteiger partial charge in [-0.25, -0.2) is 0 Å². The second-order valence-corrected chi connectivity index (χ2v) is 14.0. The van der Waals surface area contributed by atoms with E-state index in [4.69, 9.17) is 0 Å². The number of nitrogens with zero attached hydrogens (tertiary/aromatic N) is 3. The number of thioether (sulfide) groups is 1. The maximum absolute atomic E-state index is 14.9. The number of carbonyl (C=O) groups excluding carboxylic acids is 3. The first-order valence-corrected chi connectivity index (χ1v) is 15.9. The van der Waals surface area contributed by atoms with Crippen LogP contribution in [0.3, 0.4) is 0 Å². The van der Waals surface area contributed by atoms with Crippen molar-refractivity contribution in [3.05, 3.63) is 54.6 Å². The predicted molar refractivity (Wildman–Crippen MR) is 167 cm³/mol. The Kier molecular flexibility index (Phi) is 9.74. The zero-order chi connectivity index (χ0) is 29.9. The van der Waals surface area contributed by atoms with E-state index >= 15 is 0 Å². The predicted octanol–water partition coefficient (Wildman–Crippen LogP) is 4.89. The molecule has 3 heterocycles. The second kappa shape index (κ2) is 12.7. The molecule has 3 aliphatic rings. The van der Waals surface area contributed by atoms with Gasteiger partial charge in [-0.3, -0.25) is 14.4 Å². The molecule has 41 heavy (non-hydrogen) atoms. The molecule has 8 heteroatoms. The van der Waals surface area contributed by atoms with Crippen LogP contribution in [-0.4, -0.2) is 80.9 Å². The molecule has 3 aliphatic heterocycles. The Morgan fingerprint density at radius 3 is 2.39 bits per heavy atom. The van der Waals surface area contributed by atoms with Crippen molar-refractivity contribution < 1.29 is 19.5 Å². The van der Waals surface area contributed by atoms with Gasteiger partial charge >= 0.3 is 0 Å². The summed E-state index contributed by atoms with van der Waals surface area (Å²) in [6.45, 7) is 17.9. The molecular weight excluding hydrogens is 534 g/mol. The molecule has 1 aromatic carbocycles. The van der Waals surface area contributed by atoms with Gasteiger partial charge in [0.05, 0.1) is 16.6 Å². The fraction of sp³-hybridized carbons (Fsp3) is 0.606. The van der Waals surface area contributed by atoms with E-state index in [0.29, 0.717) is 39.0 Å². The number of hydrogen-bond donors (Lipinski definition) is 1. The molecule has 5 atom stereocenters. The Balaban J connectivity index is 1.80. The van der Waals surface area contributed by atoms with E-state index in [1.165, 1.54) is 0 Å². The Morgan fingerprint density at radius 1 is 1.10 bits per heavy atom. The molecule has 1 spiro atoms. The zero-order valence-electron chi connectivity index (χ0n) is 25.2. The number of likely N-dealkylation sites (tertiary alicyclic amines) is 1. The van der Waals surface area contributed by atoms with Crippen LogP contribution in [0.2, 0.25) is 0 Å². The number of rotatable bonds is 14. The number of aliphatic hydroxyl groups excluding tert-OH is 1. The van der Waals surface area contributed by atoms with Gasteiger partial charge in [0.25, 0.3) is 5.91 Å². The van der Waals surface area contributed by atoms with Crippen molar-refractivity contribution in [1.82, 2.24) is 9.80 Å². The average molecular weight is 582 g/mol. The minimum atomic E-state index is -0.670. The van der Waals surface area contributed by atoms with Crippen LogP contribution in [0, 0.1) is 25.7 Å². The van der Waals surface area contributed by atoms with E-state index in [-0.39, 0.29) is 24.3 Å². The molecule has 0 radical (unpaired) electrons. The maximum atomic E-state index is 14.9. The lowest BCUT2D eigenvalue weighted by Crippen LogP contribution is -2.55. The number of fused-ring (bicyclic) bond motifs is 1. The maximum Gasteiger partial charge on any atom is 0.251 e. The minimum absolute atomic E-state index is 0.00713. The summed E-state index contributed by atoms with van der Waals surface area (Å²) in [6, 6.07) is 5.33. The van der Waals surface area contributed by atoms with E-state index in [9.17, 15) is 19.5 Å². The highest BCUT2D eigenvalue weighted by atomic mass is 32.2. The van der Waals surface area contributed by atoms with Gasteiger partial charge in [0, 0.05) is 43.2 Å². The quantitative estimate of drug-likeness (QED) is 0.250. The third kappa shape index (κ3) is 5.38. The minimum Gasteiger partial charge on any atom is -0.396 e. The van der Waals surface area contributed by atoms with Crippen LogP contribution >= 0.6 is 11.8 Å². The summed E-state index contributed by atoms with van der Waals surface area (Å²) in [5.41, 5.74) is 2.86. The molecule has 3 fully saturated rings. The molecule has 0 aliphatic carbocycles. The first-order valence-electron chi connectivity index (χ1n) is 15.1. The van der Waals surface area contributed by atoms with Crippen LogP contribution in [0.25, 0.3) is 0 Å². The van der Waals surface area contributed by atoms with Crippen LogP contribution < -0.4 is 4.90 Å². The van der Waals surface area contributed by atoms with Crippen molar-refractivity contribution in [2.24, 2.45) is 11.8 Å². The second-order valence-electron chi connectivity index (χ2n) is 12.1. The lowest BCUT2D eigenvalue weighted by molar-refractivity contribution is -0.145. The summed E-state index contributed by atoms with van der Waals surface area (Å²) < 4.78 is -1.07. The SMILES string of the molecule is C=CCN(CCC)C(=O)[C@H]1[C@H]2C(=O)N(CCCCCO)C(C(=O)N(CC=C)c3c(C)cccc3C)C23CC[C@]1(C)S3. The first kappa shape index (κ1) is 31.4. The van der Waals surface area contributed by atoms with Gasteiger partial charge in [-0.05, 0) is 70.4 Å². The van der Waals surface area contributed by atoms with E-state index < -0.39 is 27.4 Å². The van der Waals surface area contributed by atoms with Gasteiger partial charge < -0.3 is 19.8 Å². The normalized spacial score (nSPS) is 28.1. The number of carbonyl (C=O) groups is 3. The van der Waals surface area contributed by atoms with Crippen LogP contribution in [0.1, 0.15) is 63.5 Å². The Hall–Kier alpha value is -2.58. The molecule has 2 bridgehead atoms. The third-order valence-corrected chi connectivity index (χ3v) is 11.3. The highest BCUT2D eigenvalue weighted by Crippen LogP contribution is 2.71. The number of unbranched alkanes of at least 4 members (excludes halogenated alkanes) is 2. The summed E-state index contributed by atoms with van der Waals surface area (Å²) in [6.07, 6.45) is 7.95. The fourth-order valence-electron chi connectivity index (χ4n) is 7.61. The average Bonchev–Trinajstić information content (AvgIpc) is 3.50. The lowest BCUT2D eigenvalue weighted by atomic mass is 9.66. The Labute approximate surface area is 250 Å². The molecular formula is C33H47N3O4S. The van der Waals surface area contributed by atoms with Gasteiger partial charge in [0.2, 0.25) is 11.8 Å². The van der Waals surface area contributed by atoms with E-state index in [2.05, 4.69) is 20.1 Å². The molecule has 2 unspecified atom stereocenters. The van der Waals surface area contributed by atoms with Gasteiger partial charge in [0.15, 0.2) is 0 Å². The third-order valence-electron chi connectivity index (χ3n) is 9.28. The Bertz CT molecular complexity index is 1170. The highest BCUT2D eigenvalue weighted by Gasteiger charge is 2.77. The molecule has 4 rings (SSSR count). The van der Waals surface area contributed by atoms with Crippen LogP contribution in [-0.2, 0) is 14.4 Å². The molecule has 3 saturated heterocycles. The van der Waals surface area contributed by atoms with Crippen molar-refractivity contribution in [2.75, 3.05) is 37.7 Å². The summed E-state index contributed by atoms with van der Waals surface area (Å²) >= 11 is 1.72. The van der Waals surface area contributed by atoms with Crippen molar-refractivity contribution >= 4 is 35.2 Å². The van der Waals surface area contributed by atoms with Crippen molar-refractivity contribution in [2.45, 2.75) is 81.8 Å². The molecule has 0 saturated carbocycles. The fourth-order valence-corrected chi connectivity index (χ4v) is 9.95. The van der Waals surface area contributed by atoms with Gasteiger partial charge in [-0.1, -0.05) is 37.3 Å². The number of hydrogen-bond acceptors (Lipinski definition) is 5. The van der Waals surface area contributed by atoms with Gasteiger partial charge in [-0.2, -0.15) is 0 Å². The first-order chi connectivity index (χ1) is 19.6. The number of amides is 3. The Morgan fingerprint density at radius 2 is 1.78 bits per heavy atom. The highest BCUT2D eigenvalue weighted by molar-refractivity contribution is 8.02. The molecule has 7 nitrogen and oxygen atoms in total. The van der Waals surface area contributed by atoms with Crippen LogP contribution in [0.5, 0.6) is 0 Å². The molecule has 0 aromatic heterocycles. The smallest absolute Gasteiger partial charge is 0.251 e.